The van der Waals surface area contributed by atoms with Gasteiger partial charge >= 0.3 is 0 Å². The third-order valence-electron chi connectivity index (χ3n) is 4.85. The van der Waals surface area contributed by atoms with Crippen LogP contribution in [0.3, 0.4) is 0 Å². The van der Waals surface area contributed by atoms with Crippen molar-refractivity contribution in [2.45, 2.75) is 32.8 Å². The van der Waals surface area contributed by atoms with E-state index in [0.29, 0.717) is 0 Å². The van der Waals surface area contributed by atoms with Crippen molar-refractivity contribution < 1.29 is 4.74 Å². The first-order valence-electron chi connectivity index (χ1n) is 9.56. The van der Waals surface area contributed by atoms with Crippen LogP contribution in [0.5, 0.6) is 0 Å². The summed E-state index contributed by atoms with van der Waals surface area (Å²) in [5, 5.41) is 6.83. The summed E-state index contributed by atoms with van der Waals surface area (Å²) < 4.78 is 5.90. The molecule has 1 aromatic rings. The number of guanidine groups is 1. The number of hydrogen-bond acceptors (Lipinski definition) is 3. The van der Waals surface area contributed by atoms with Crippen LogP contribution < -0.4 is 10.6 Å². The highest BCUT2D eigenvalue weighted by Crippen LogP contribution is 2.16. The quantitative estimate of drug-likeness (QED) is 0.410. The maximum atomic E-state index is 5.90. The number of likely N-dealkylation sites (tertiary alicyclic amines) is 1. The van der Waals surface area contributed by atoms with Crippen LogP contribution in [0.2, 0.25) is 0 Å². The van der Waals surface area contributed by atoms with Crippen LogP contribution in [-0.4, -0.2) is 57.2 Å². The Morgan fingerprint density at radius 3 is 2.80 bits per heavy atom. The second kappa shape index (κ2) is 11.1. The summed E-state index contributed by atoms with van der Waals surface area (Å²) in [6.07, 6.45) is 2.39. The predicted molar refractivity (Wildman–Crippen MR) is 105 cm³/mol. The summed E-state index contributed by atoms with van der Waals surface area (Å²) in [6.45, 7) is 10.5. The van der Waals surface area contributed by atoms with Gasteiger partial charge in [0.1, 0.15) is 0 Å². The molecule has 2 unspecified atom stereocenters. The van der Waals surface area contributed by atoms with Gasteiger partial charge < -0.3 is 20.3 Å². The van der Waals surface area contributed by atoms with Gasteiger partial charge in [0.15, 0.2) is 5.96 Å². The summed E-state index contributed by atoms with van der Waals surface area (Å²) in [5.74, 6) is 1.62. The molecule has 0 bridgehead atoms. The molecule has 0 aliphatic carbocycles. The Balaban J connectivity index is 1.55. The predicted octanol–water partition coefficient (Wildman–Crippen LogP) is 2.66. The maximum absolute atomic E-state index is 5.90. The molecule has 1 saturated heterocycles. The van der Waals surface area contributed by atoms with Gasteiger partial charge in [0.25, 0.3) is 0 Å². The highest BCUT2D eigenvalue weighted by molar-refractivity contribution is 5.79. The highest BCUT2D eigenvalue weighted by Gasteiger charge is 2.20. The maximum Gasteiger partial charge on any atom is 0.190 e. The molecule has 1 aromatic carbocycles. The van der Waals surface area contributed by atoms with E-state index in [1.807, 2.05) is 13.1 Å². The van der Waals surface area contributed by atoms with Crippen LogP contribution in [0.4, 0.5) is 0 Å². The lowest BCUT2D eigenvalue weighted by Crippen LogP contribution is -2.40. The van der Waals surface area contributed by atoms with Gasteiger partial charge in [-0.15, -0.1) is 0 Å². The third kappa shape index (κ3) is 7.04. The fourth-order valence-corrected chi connectivity index (χ4v) is 3.19. The summed E-state index contributed by atoms with van der Waals surface area (Å²) in [5.41, 5.74) is 1.23. The molecule has 2 atom stereocenters. The molecule has 2 N–H and O–H groups in total. The second-order valence-electron chi connectivity index (χ2n) is 6.71. The number of nitrogens with one attached hydrogen (secondary N) is 2. The van der Waals surface area contributed by atoms with E-state index < -0.39 is 0 Å². The van der Waals surface area contributed by atoms with Crippen molar-refractivity contribution in [3.63, 3.8) is 0 Å². The molecule has 0 saturated carbocycles. The van der Waals surface area contributed by atoms with E-state index in [1.165, 1.54) is 25.1 Å². The normalized spacial score (nSPS) is 19.8. The third-order valence-corrected chi connectivity index (χ3v) is 4.85. The monoisotopic (exact) mass is 346 g/mol. The number of aliphatic imine (C=N–C) groups is 1. The van der Waals surface area contributed by atoms with E-state index in [4.69, 9.17) is 4.74 Å². The molecule has 1 fully saturated rings. The minimum absolute atomic E-state index is 0.141. The molecule has 5 heteroatoms. The number of ether oxygens (including phenoxy) is 1. The molecule has 1 aliphatic heterocycles. The molecule has 0 radical (unpaired) electrons. The number of rotatable bonds is 9. The first kappa shape index (κ1) is 19.7. The topological polar surface area (TPSA) is 48.9 Å². The summed E-state index contributed by atoms with van der Waals surface area (Å²) in [6, 6.07) is 10.4. The molecule has 140 valence electrons. The van der Waals surface area contributed by atoms with Crippen LogP contribution in [0.15, 0.2) is 35.3 Å². The van der Waals surface area contributed by atoms with E-state index >= 15 is 0 Å². The van der Waals surface area contributed by atoms with Crippen molar-refractivity contribution in [1.82, 2.24) is 15.5 Å². The fraction of sp³-hybridized carbons (Fsp3) is 0.650. The van der Waals surface area contributed by atoms with Crippen molar-refractivity contribution in [3.8, 4) is 0 Å². The second-order valence-corrected chi connectivity index (χ2v) is 6.71. The fourth-order valence-electron chi connectivity index (χ4n) is 3.19. The zero-order chi connectivity index (χ0) is 17.9. The zero-order valence-electron chi connectivity index (χ0n) is 16.0. The Bertz CT molecular complexity index is 506. The number of benzene rings is 1. The molecule has 0 spiro atoms. The minimum Gasteiger partial charge on any atom is -0.374 e. The molecular weight excluding hydrogens is 312 g/mol. The van der Waals surface area contributed by atoms with Crippen molar-refractivity contribution >= 4 is 5.96 Å². The van der Waals surface area contributed by atoms with E-state index in [1.54, 1.807) is 0 Å². The SMILES string of the molecule is CCN1CCC(CNC(=NC)NCCCOC(C)c2ccccc2)C1. The zero-order valence-corrected chi connectivity index (χ0v) is 16.0. The van der Waals surface area contributed by atoms with E-state index in [9.17, 15) is 0 Å². The van der Waals surface area contributed by atoms with Crippen LogP contribution in [0.25, 0.3) is 0 Å². The Morgan fingerprint density at radius 2 is 2.12 bits per heavy atom. The van der Waals surface area contributed by atoms with Gasteiger partial charge in [-0.3, -0.25) is 4.99 Å². The lowest BCUT2D eigenvalue weighted by atomic mass is 10.1. The van der Waals surface area contributed by atoms with Crippen molar-refractivity contribution in [3.05, 3.63) is 35.9 Å². The Labute approximate surface area is 152 Å². The smallest absolute Gasteiger partial charge is 0.190 e. The highest BCUT2D eigenvalue weighted by atomic mass is 16.5. The molecule has 2 rings (SSSR count). The molecular formula is C20H34N4O. The first-order valence-corrected chi connectivity index (χ1v) is 9.56. The Kier molecular flexibility index (Phi) is 8.77. The average molecular weight is 347 g/mol. The number of nitrogens with zero attached hydrogens (tertiary/aromatic N) is 2. The largest absolute Gasteiger partial charge is 0.374 e. The van der Waals surface area contributed by atoms with Crippen LogP contribution >= 0.6 is 0 Å². The molecule has 0 aromatic heterocycles. The van der Waals surface area contributed by atoms with Gasteiger partial charge in [-0.2, -0.15) is 0 Å². The molecule has 5 nitrogen and oxygen atoms in total. The van der Waals surface area contributed by atoms with Gasteiger partial charge in [0.2, 0.25) is 0 Å². The minimum atomic E-state index is 0.141. The van der Waals surface area contributed by atoms with Crippen LogP contribution in [0.1, 0.15) is 38.4 Å². The van der Waals surface area contributed by atoms with E-state index in [2.05, 4.69) is 58.6 Å². The lowest BCUT2D eigenvalue weighted by Gasteiger charge is -2.17. The van der Waals surface area contributed by atoms with E-state index in [0.717, 1.165) is 44.5 Å². The standard InChI is InChI=1S/C20H34N4O/c1-4-24-13-11-18(16-24)15-23-20(21-3)22-12-8-14-25-17(2)19-9-6-5-7-10-19/h5-7,9-10,17-18H,4,8,11-16H2,1-3H3,(H2,21,22,23). The summed E-state index contributed by atoms with van der Waals surface area (Å²) in [7, 11) is 1.83. The van der Waals surface area contributed by atoms with Gasteiger partial charge in [0.05, 0.1) is 6.10 Å². The molecule has 1 heterocycles. The van der Waals surface area contributed by atoms with Crippen molar-refractivity contribution in [1.29, 1.82) is 0 Å². The van der Waals surface area contributed by atoms with Gasteiger partial charge in [0, 0.05) is 33.3 Å². The van der Waals surface area contributed by atoms with Crippen LogP contribution in [0, 0.1) is 5.92 Å². The summed E-state index contributed by atoms with van der Waals surface area (Å²) >= 11 is 0. The van der Waals surface area contributed by atoms with Gasteiger partial charge in [-0.05, 0) is 44.3 Å². The van der Waals surface area contributed by atoms with Gasteiger partial charge in [-0.1, -0.05) is 37.3 Å². The van der Waals surface area contributed by atoms with E-state index in [-0.39, 0.29) is 6.10 Å². The molecule has 0 amide bonds. The van der Waals surface area contributed by atoms with Crippen LogP contribution in [-0.2, 0) is 4.74 Å². The molecule has 25 heavy (non-hydrogen) atoms. The number of hydrogen-bond donors (Lipinski definition) is 2. The van der Waals surface area contributed by atoms with Crippen molar-refractivity contribution in [2.75, 3.05) is 46.4 Å². The van der Waals surface area contributed by atoms with Gasteiger partial charge in [-0.25, -0.2) is 0 Å². The Morgan fingerprint density at radius 1 is 1.32 bits per heavy atom. The average Bonchev–Trinajstić information content (AvgIpc) is 3.12. The summed E-state index contributed by atoms with van der Waals surface area (Å²) in [4.78, 5) is 6.82. The van der Waals surface area contributed by atoms with Crippen molar-refractivity contribution in [2.24, 2.45) is 10.9 Å². The first-order chi connectivity index (χ1) is 12.2. The molecule has 1 aliphatic rings. The Hall–Kier alpha value is -1.59. The lowest BCUT2D eigenvalue weighted by molar-refractivity contribution is 0.0646.